The van der Waals surface area contributed by atoms with Crippen LogP contribution < -0.4 is 5.43 Å². The Kier molecular flexibility index (Phi) is 3.97. The number of nitrogens with one attached hydrogen (secondary N) is 1. The molecular formula is C14H22N2. The lowest BCUT2D eigenvalue weighted by Crippen LogP contribution is -2.41. The molecule has 1 saturated heterocycles. The fraction of sp³-hybridized carbons (Fsp3) is 0.571. The minimum Gasteiger partial charge on any atom is -0.251 e. The van der Waals surface area contributed by atoms with Gasteiger partial charge >= 0.3 is 0 Å². The lowest BCUT2D eigenvalue weighted by molar-refractivity contribution is 0.151. The van der Waals surface area contributed by atoms with E-state index < -0.39 is 0 Å². The molecule has 0 aliphatic carbocycles. The molecule has 0 atom stereocenters. The molecule has 2 rings (SSSR count). The van der Waals surface area contributed by atoms with E-state index in [4.69, 9.17) is 0 Å². The van der Waals surface area contributed by atoms with Gasteiger partial charge in [0.05, 0.1) is 0 Å². The molecule has 88 valence electrons. The highest BCUT2D eigenvalue weighted by Gasteiger charge is 2.09. The van der Waals surface area contributed by atoms with Gasteiger partial charge in [0, 0.05) is 19.6 Å². The van der Waals surface area contributed by atoms with Gasteiger partial charge in [-0.3, -0.25) is 5.43 Å². The molecule has 1 aromatic rings. The van der Waals surface area contributed by atoms with E-state index in [2.05, 4.69) is 42.5 Å². The zero-order valence-electron chi connectivity index (χ0n) is 10.4. The summed E-state index contributed by atoms with van der Waals surface area (Å²) in [6.45, 7) is 7.71. The van der Waals surface area contributed by atoms with Crippen LogP contribution in [-0.4, -0.2) is 18.1 Å². The normalized spacial score (nSPS) is 17.6. The van der Waals surface area contributed by atoms with Gasteiger partial charge in [0.15, 0.2) is 0 Å². The number of nitrogens with zero attached hydrogens (tertiary/aromatic N) is 1. The molecule has 1 aromatic carbocycles. The summed E-state index contributed by atoms with van der Waals surface area (Å²) in [4.78, 5) is 0. The predicted molar refractivity (Wildman–Crippen MR) is 68.2 cm³/mol. The van der Waals surface area contributed by atoms with Gasteiger partial charge in [0.1, 0.15) is 0 Å². The Bertz CT molecular complexity index is 341. The first-order chi connectivity index (χ1) is 7.75. The smallest absolute Gasteiger partial charge is 0.0356 e. The minimum atomic E-state index is 0.966. The Morgan fingerprint density at radius 3 is 2.62 bits per heavy atom. The van der Waals surface area contributed by atoms with Gasteiger partial charge in [-0.05, 0) is 37.8 Å². The predicted octanol–water partition coefficient (Wildman–Crippen LogP) is 2.79. The van der Waals surface area contributed by atoms with Crippen molar-refractivity contribution in [3.63, 3.8) is 0 Å². The molecule has 0 bridgehead atoms. The summed E-state index contributed by atoms with van der Waals surface area (Å²) in [5, 5.41) is 2.37. The summed E-state index contributed by atoms with van der Waals surface area (Å²) >= 11 is 0. The van der Waals surface area contributed by atoms with Crippen LogP contribution in [0.15, 0.2) is 18.2 Å². The van der Waals surface area contributed by atoms with Crippen LogP contribution in [0.5, 0.6) is 0 Å². The maximum absolute atomic E-state index is 3.54. The van der Waals surface area contributed by atoms with Crippen LogP contribution in [-0.2, 0) is 6.54 Å². The maximum Gasteiger partial charge on any atom is 0.0356 e. The maximum atomic E-state index is 3.54. The second-order valence-electron chi connectivity index (χ2n) is 4.81. The van der Waals surface area contributed by atoms with Gasteiger partial charge in [0.2, 0.25) is 0 Å². The van der Waals surface area contributed by atoms with Crippen molar-refractivity contribution < 1.29 is 0 Å². The van der Waals surface area contributed by atoms with E-state index in [0.29, 0.717) is 0 Å². The summed E-state index contributed by atoms with van der Waals surface area (Å²) < 4.78 is 0. The van der Waals surface area contributed by atoms with Crippen molar-refractivity contribution >= 4 is 0 Å². The van der Waals surface area contributed by atoms with Crippen molar-refractivity contribution in [1.29, 1.82) is 0 Å². The van der Waals surface area contributed by atoms with Crippen LogP contribution >= 0.6 is 0 Å². The van der Waals surface area contributed by atoms with Gasteiger partial charge in [-0.25, -0.2) is 5.01 Å². The van der Waals surface area contributed by atoms with E-state index in [9.17, 15) is 0 Å². The van der Waals surface area contributed by atoms with Crippen molar-refractivity contribution in [2.75, 3.05) is 13.1 Å². The summed E-state index contributed by atoms with van der Waals surface area (Å²) in [6.07, 6.45) is 4.06. The highest BCUT2D eigenvalue weighted by molar-refractivity contribution is 5.30. The van der Waals surface area contributed by atoms with Gasteiger partial charge in [-0.2, -0.15) is 0 Å². The van der Waals surface area contributed by atoms with E-state index in [0.717, 1.165) is 6.54 Å². The van der Waals surface area contributed by atoms with E-state index in [-0.39, 0.29) is 0 Å². The van der Waals surface area contributed by atoms with Crippen molar-refractivity contribution in [1.82, 2.24) is 10.4 Å². The number of hydrogen-bond donors (Lipinski definition) is 1. The molecule has 0 unspecified atom stereocenters. The Morgan fingerprint density at radius 2 is 1.88 bits per heavy atom. The molecule has 1 aliphatic heterocycles. The van der Waals surface area contributed by atoms with Crippen LogP contribution in [0.1, 0.15) is 36.0 Å². The average molecular weight is 218 g/mol. The van der Waals surface area contributed by atoms with Gasteiger partial charge < -0.3 is 0 Å². The third kappa shape index (κ3) is 3.06. The van der Waals surface area contributed by atoms with Crippen LogP contribution in [0.2, 0.25) is 0 Å². The molecule has 16 heavy (non-hydrogen) atoms. The monoisotopic (exact) mass is 218 g/mol. The molecule has 1 heterocycles. The van der Waals surface area contributed by atoms with Crippen molar-refractivity contribution in [3.8, 4) is 0 Å². The fourth-order valence-electron chi connectivity index (χ4n) is 2.24. The molecule has 0 radical (unpaired) electrons. The zero-order valence-corrected chi connectivity index (χ0v) is 10.4. The largest absolute Gasteiger partial charge is 0.251 e. The molecule has 2 heteroatoms. The zero-order chi connectivity index (χ0) is 11.4. The Balaban J connectivity index is 1.90. The number of hydrogen-bond acceptors (Lipinski definition) is 2. The third-order valence-corrected chi connectivity index (χ3v) is 3.35. The minimum absolute atomic E-state index is 0.966. The molecule has 0 spiro atoms. The lowest BCUT2D eigenvalue weighted by atomic mass is 10.1. The summed E-state index contributed by atoms with van der Waals surface area (Å²) in [5.74, 6) is 0. The Hall–Kier alpha value is -0.860. The van der Waals surface area contributed by atoms with Gasteiger partial charge in [-0.15, -0.1) is 0 Å². The number of benzene rings is 1. The molecule has 0 aromatic heterocycles. The number of rotatable bonds is 3. The molecule has 1 N–H and O–H groups in total. The second-order valence-corrected chi connectivity index (χ2v) is 4.81. The summed E-state index contributed by atoms with van der Waals surface area (Å²) in [7, 11) is 0. The molecule has 1 fully saturated rings. The van der Waals surface area contributed by atoms with E-state index in [1.165, 1.54) is 49.0 Å². The SMILES string of the molecule is Cc1ccc(C)c(CNN2CCCCC2)c1. The molecule has 0 saturated carbocycles. The van der Waals surface area contributed by atoms with Gasteiger partial charge in [-0.1, -0.05) is 30.2 Å². The number of aryl methyl sites for hydroxylation is 2. The quantitative estimate of drug-likeness (QED) is 0.839. The van der Waals surface area contributed by atoms with E-state index >= 15 is 0 Å². The molecule has 1 aliphatic rings. The molecule has 2 nitrogen and oxygen atoms in total. The first-order valence-corrected chi connectivity index (χ1v) is 6.30. The fourth-order valence-corrected chi connectivity index (χ4v) is 2.24. The van der Waals surface area contributed by atoms with Crippen LogP contribution in [0.25, 0.3) is 0 Å². The highest BCUT2D eigenvalue weighted by Crippen LogP contribution is 2.11. The van der Waals surface area contributed by atoms with Gasteiger partial charge in [0.25, 0.3) is 0 Å². The van der Waals surface area contributed by atoms with Crippen LogP contribution in [0, 0.1) is 13.8 Å². The second kappa shape index (κ2) is 5.46. The lowest BCUT2D eigenvalue weighted by Gasteiger charge is -2.27. The molecule has 0 amide bonds. The Labute approximate surface area is 98.6 Å². The first kappa shape index (κ1) is 11.6. The van der Waals surface area contributed by atoms with Crippen LogP contribution in [0.4, 0.5) is 0 Å². The van der Waals surface area contributed by atoms with Crippen molar-refractivity contribution in [2.45, 2.75) is 39.7 Å². The molecular weight excluding hydrogens is 196 g/mol. The van der Waals surface area contributed by atoms with Crippen LogP contribution in [0.3, 0.4) is 0 Å². The summed E-state index contributed by atoms with van der Waals surface area (Å²) in [5.41, 5.74) is 7.69. The number of hydrazine groups is 1. The van der Waals surface area contributed by atoms with Crippen molar-refractivity contribution in [3.05, 3.63) is 34.9 Å². The van der Waals surface area contributed by atoms with E-state index in [1.807, 2.05) is 0 Å². The highest BCUT2D eigenvalue weighted by atomic mass is 15.5. The Morgan fingerprint density at radius 1 is 1.12 bits per heavy atom. The van der Waals surface area contributed by atoms with E-state index in [1.54, 1.807) is 0 Å². The first-order valence-electron chi connectivity index (χ1n) is 6.30. The van der Waals surface area contributed by atoms with Crippen molar-refractivity contribution in [2.24, 2.45) is 0 Å². The number of piperidine rings is 1. The standard InChI is InChI=1S/C14H22N2/c1-12-6-7-13(2)14(10-12)11-15-16-8-4-3-5-9-16/h6-7,10,15H,3-5,8-9,11H2,1-2H3. The summed E-state index contributed by atoms with van der Waals surface area (Å²) in [6, 6.07) is 6.68. The topological polar surface area (TPSA) is 15.3 Å². The average Bonchev–Trinajstić information content (AvgIpc) is 2.32. The third-order valence-electron chi connectivity index (χ3n) is 3.35.